The van der Waals surface area contributed by atoms with Gasteiger partial charge in [-0.3, -0.25) is 4.79 Å². The molecule has 1 aromatic heterocycles. The Morgan fingerprint density at radius 3 is 2.67 bits per heavy atom. The van der Waals surface area contributed by atoms with Gasteiger partial charge in [-0.05, 0) is 12.8 Å². The van der Waals surface area contributed by atoms with Crippen LogP contribution in [0.3, 0.4) is 0 Å². The molecule has 1 heterocycles. The summed E-state index contributed by atoms with van der Waals surface area (Å²) in [7, 11) is 3.62. The maximum absolute atomic E-state index is 12.4. The van der Waals surface area contributed by atoms with Crippen molar-refractivity contribution in [3.8, 4) is 0 Å². The standard InChI is InChI=1S/C13H20N4O/c1-8(2)12-15-7-10(14-3)11(16-12)13(18)17(4)9-5-6-9/h7-9,14H,5-6H2,1-4H3. The van der Waals surface area contributed by atoms with Crippen molar-refractivity contribution < 1.29 is 4.79 Å². The molecule has 0 saturated heterocycles. The number of amides is 1. The van der Waals surface area contributed by atoms with Gasteiger partial charge >= 0.3 is 0 Å². The third-order valence-electron chi connectivity index (χ3n) is 3.21. The number of carbonyl (C=O) groups excluding carboxylic acids is 1. The number of rotatable bonds is 4. The van der Waals surface area contributed by atoms with Crippen molar-refractivity contribution in [2.75, 3.05) is 19.4 Å². The minimum atomic E-state index is -0.0221. The van der Waals surface area contributed by atoms with Gasteiger partial charge in [0.05, 0.1) is 11.9 Å². The van der Waals surface area contributed by atoms with Crippen molar-refractivity contribution in [1.82, 2.24) is 14.9 Å². The summed E-state index contributed by atoms with van der Waals surface area (Å²) in [5.41, 5.74) is 1.17. The number of nitrogens with one attached hydrogen (secondary N) is 1. The van der Waals surface area contributed by atoms with Crippen LogP contribution in [0.2, 0.25) is 0 Å². The summed E-state index contributed by atoms with van der Waals surface area (Å²) in [5.74, 6) is 0.904. The Labute approximate surface area is 108 Å². The molecule has 0 aliphatic heterocycles. The molecule has 0 atom stereocenters. The molecule has 0 spiro atoms. The van der Waals surface area contributed by atoms with Gasteiger partial charge in [0, 0.05) is 26.1 Å². The maximum atomic E-state index is 12.4. The normalized spacial score (nSPS) is 14.7. The third-order valence-corrected chi connectivity index (χ3v) is 3.21. The smallest absolute Gasteiger partial charge is 0.274 e. The van der Waals surface area contributed by atoms with Gasteiger partial charge in [-0.1, -0.05) is 13.8 Å². The van der Waals surface area contributed by atoms with Crippen molar-refractivity contribution in [2.45, 2.75) is 38.6 Å². The number of aromatic nitrogens is 2. The Hall–Kier alpha value is -1.65. The van der Waals surface area contributed by atoms with Crippen LogP contribution in [0, 0.1) is 0 Å². The fourth-order valence-corrected chi connectivity index (χ4v) is 1.81. The molecule has 0 bridgehead atoms. The van der Waals surface area contributed by atoms with E-state index >= 15 is 0 Å². The topological polar surface area (TPSA) is 58.1 Å². The molecule has 1 aromatic rings. The SMILES string of the molecule is CNc1cnc(C(C)C)nc1C(=O)N(C)C1CC1. The van der Waals surface area contributed by atoms with E-state index in [0.29, 0.717) is 23.2 Å². The monoisotopic (exact) mass is 248 g/mol. The van der Waals surface area contributed by atoms with Crippen LogP contribution >= 0.6 is 0 Å². The largest absolute Gasteiger partial charge is 0.385 e. The van der Waals surface area contributed by atoms with Crippen molar-refractivity contribution in [1.29, 1.82) is 0 Å². The quantitative estimate of drug-likeness (QED) is 0.883. The van der Waals surface area contributed by atoms with Crippen LogP contribution in [0.15, 0.2) is 6.20 Å². The maximum Gasteiger partial charge on any atom is 0.274 e. The van der Waals surface area contributed by atoms with Crippen LogP contribution in [0.1, 0.15) is 48.9 Å². The van der Waals surface area contributed by atoms with E-state index in [1.807, 2.05) is 20.9 Å². The van der Waals surface area contributed by atoms with Crippen molar-refractivity contribution in [3.05, 3.63) is 17.7 Å². The Morgan fingerprint density at radius 1 is 1.50 bits per heavy atom. The first-order valence-corrected chi connectivity index (χ1v) is 6.36. The van der Waals surface area contributed by atoms with E-state index in [4.69, 9.17) is 0 Å². The van der Waals surface area contributed by atoms with Crippen molar-refractivity contribution in [2.24, 2.45) is 0 Å². The lowest BCUT2D eigenvalue weighted by atomic mass is 10.2. The second kappa shape index (κ2) is 4.92. The van der Waals surface area contributed by atoms with Crippen LogP contribution in [0.5, 0.6) is 0 Å². The molecule has 1 aliphatic carbocycles. The molecule has 1 N–H and O–H groups in total. The molecular weight excluding hydrogens is 228 g/mol. The minimum Gasteiger partial charge on any atom is -0.385 e. The molecule has 1 fully saturated rings. The Kier molecular flexibility index (Phi) is 3.50. The van der Waals surface area contributed by atoms with E-state index in [-0.39, 0.29) is 11.8 Å². The predicted molar refractivity (Wildman–Crippen MR) is 70.8 cm³/mol. The summed E-state index contributed by atoms with van der Waals surface area (Å²) in [6.07, 6.45) is 3.88. The fraction of sp³-hybridized carbons (Fsp3) is 0.615. The summed E-state index contributed by atoms with van der Waals surface area (Å²) in [5, 5.41) is 2.98. The molecule has 5 heteroatoms. The molecule has 0 aromatic carbocycles. The predicted octanol–water partition coefficient (Wildman–Crippen LogP) is 1.88. The van der Waals surface area contributed by atoms with Gasteiger partial charge in [-0.2, -0.15) is 0 Å². The van der Waals surface area contributed by atoms with Gasteiger partial charge in [0.25, 0.3) is 5.91 Å². The molecule has 18 heavy (non-hydrogen) atoms. The highest BCUT2D eigenvalue weighted by Crippen LogP contribution is 2.27. The molecular formula is C13H20N4O. The number of nitrogens with zero attached hydrogens (tertiary/aromatic N) is 3. The summed E-state index contributed by atoms with van der Waals surface area (Å²) in [6, 6.07) is 0.389. The lowest BCUT2D eigenvalue weighted by Gasteiger charge is -2.18. The molecule has 98 valence electrons. The Bertz CT molecular complexity index is 454. The molecule has 1 aliphatic rings. The lowest BCUT2D eigenvalue weighted by Crippen LogP contribution is -2.30. The summed E-state index contributed by atoms with van der Waals surface area (Å²) >= 11 is 0. The molecule has 2 rings (SSSR count). The van der Waals surface area contributed by atoms with Crippen LogP contribution in [0.4, 0.5) is 5.69 Å². The van der Waals surface area contributed by atoms with E-state index in [9.17, 15) is 4.79 Å². The number of anilines is 1. The van der Waals surface area contributed by atoms with Crippen LogP contribution in [0.25, 0.3) is 0 Å². The average molecular weight is 248 g/mol. The number of hydrogen-bond donors (Lipinski definition) is 1. The second-order valence-corrected chi connectivity index (χ2v) is 5.04. The number of carbonyl (C=O) groups is 1. The van der Waals surface area contributed by atoms with E-state index in [1.165, 1.54) is 0 Å². The minimum absolute atomic E-state index is 0.0221. The molecule has 5 nitrogen and oxygen atoms in total. The lowest BCUT2D eigenvalue weighted by molar-refractivity contribution is 0.0779. The second-order valence-electron chi connectivity index (χ2n) is 5.04. The highest BCUT2D eigenvalue weighted by molar-refractivity contribution is 5.97. The van der Waals surface area contributed by atoms with Gasteiger partial charge in [-0.25, -0.2) is 9.97 Å². The first kappa shape index (κ1) is 12.8. The molecule has 1 amide bonds. The first-order valence-electron chi connectivity index (χ1n) is 6.36. The summed E-state index contributed by atoms with van der Waals surface area (Å²) in [4.78, 5) is 22.8. The highest BCUT2D eigenvalue weighted by atomic mass is 16.2. The van der Waals surface area contributed by atoms with Gasteiger partial charge in [0.2, 0.25) is 0 Å². The fourth-order valence-electron chi connectivity index (χ4n) is 1.81. The van der Waals surface area contributed by atoms with E-state index in [2.05, 4.69) is 15.3 Å². The number of hydrogen-bond acceptors (Lipinski definition) is 4. The zero-order valence-electron chi connectivity index (χ0n) is 11.4. The highest BCUT2D eigenvalue weighted by Gasteiger charge is 2.31. The Balaban J connectivity index is 2.33. The first-order chi connectivity index (χ1) is 8.54. The molecule has 1 saturated carbocycles. The van der Waals surface area contributed by atoms with Gasteiger partial charge in [0.1, 0.15) is 5.82 Å². The van der Waals surface area contributed by atoms with Crippen LogP contribution in [-0.4, -0.2) is 40.9 Å². The van der Waals surface area contributed by atoms with E-state index in [1.54, 1.807) is 18.1 Å². The molecule has 0 radical (unpaired) electrons. The van der Waals surface area contributed by atoms with Crippen LogP contribution in [-0.2, 0) is 0 Å². The van der Waals surface area contributed by atoms with Gasteiger partial charge in [-0.15, -0.1) is 0 Å². The van der Waals surface area contributed by atoms with Crippen LogP contribution < -0.4 is 5.32 Å². The van der Waals surface area contributed by atoms with E-state index in [0.717, 1.165) is 12.8 Å². The summed E-state index contributed by atoms with van der Waals surface area (Å²) < 4.78 is 0. The average Bonchev–Trinajstić information content (AvgIpc) is 3.20. The molecule has 0 unspecified atom stereocenters. The Morgan fingerprint density at radius 2 is 2.17 bits per heavy atom. The van der Waals surface area contributed by atoms with E-state index < -0.39 is 0 Å². The van der Waals surface area contributed by atoms with Gasteiger partial charge in [0.15, 0.2) is 5.69 Å². The van der Waals surface area contributed by atoms with Gasteiger partial charge < -0.3 is 10.2 Å². The van der Waals surface area contributed by atoms with Crippen molar-refractivity contribution in [3.63, 3.8) is 0 Å². The summed E-state index contributed by atoms with van der Waals surface area (Å²) in [6.45, 7) is 4.04. The third kappa shape index (κ3) is 2.44. The zero-order chi connectivity index (χ0) is 13.3. The van der Waals surface area contributed by atoms with Crippen molar-refractivity contribution >= 4 is 11.6 Å². The zero-order valence-corrected chi connectivity index (χ0v) is 11.4.